The molecule has 0 unspecified atom stereocenters. The lowest BCUT2D eigenvalue weighted by Crippen LogP contribution is -2.37. The molecule has 1 fully saturated rings. The molecule has 1 aliphatic heterocycles. The number of rotatable bonds is 9. The predicted molar refractivity (Wildman–Crippen MR) is 135 cm³/mol. The van der Waals surface area contributed by atoms with Crippen LogP contribution in [0, 0.1) is 3.57 Å². The molecule has 168 valence electrons. The fraction of sp³-hybridized carbons (Fsp3) is 0.435. The van der Waals surface area contributed by atoms with Crippen LogP contribution in [-0.2, 0) is 6.54 Å². The van der Waals surface area contributed by atoms with E-state index in [9.17, 15) is 4.79 Å². The summed E-state index contributed by atoms with van der Waals surface area (Å²) in [5, 5.41) is 3.95. The van der Waals surface area contributed by atoms with Crippen molar-refractivity contribution < 1.29 is 9.53 Å². The Balaban J connectivity index is 1.50. The van der Waals surface area contributed by atoms with Crippen LogP contribution in [0.5, 0.6) is 5.75 Å². The van der Waals surface area contributed by atoms with E-state index in [1.165, 1.54) is 5.56 Å². The van der Waals surface area contributed by atoms with Gasteiger partial charge in [0, 0.05) is 37.8 Å². The van der Waals surface area contributed by atoms with Crippen molar-refractivity contribution in [1.82, 2.24) is 15.1 Å². The summed E-state index contributed by atoms with van der Waals surface area (Å²) in [6, 6.07) is 11.5. The van der Waals surface area contributed by atoms with Crippen LogP contribution in [0.4, 0.5) is 0 Å². The molecule has 8 heteroatoms. The largest absolute Gasteiger partial charge is 0.492 e. The molecule has 0 aromatic heterocycles. The maximum atomic E-state index is 12.5. The highest BCUT2D eigenvalue weighted by molar-refractivity contribution is 14.1. The molecule has 31 heavy (non-hydrogen) atoms. The number of carbonyl (C=O) groups is 1. The fourth-order valence-corrected chi connectivity index (χ4v) is 4.37. The third-order valence-electron chi connectivity index (χ3n) is 5.20. The minimum Gasteiger partial charge on any atom is -0.492 e. The van der Waals surface area contributed by atoms with Gasteiger partial charge in [-0.1, -0.05) is 29.3 Å². The van der Waals surface area contributed by atoms with Crippen LogP contribution in [0.25, 0.3) is 0 Å². The number of hydrogen-bond acceptors (Lipinski definition) is 4. The van der Waals surface area contributed by atoms with E-state index in [4.69, 9.17) is 27.9 Å². The van der Waals surface area contributed by atoms with Crippen LogP contribution in [-0.4, -0.2) is 62.1 Å². The normalized spacial score (nSPS) is 16.6. The average Bonchev–Trinajstić information content (AvgIpc) is 3.16. The molecule has 2 aromatic carbocycles. The second-order valence-electron chi connectivity index (χ2n) is 8.09. The Bertz CT molecular complexity index is 910. The lowest BCUT2D eigenvalue weighted by atomic mass is 10.2. The second-order valence-corrected chi connectivity index (χ2v) is 10.1. The van der Waals surface area contributed by atoms with Gasteiger partial charge >= 0.3 is 0 Å². The van der Waals surface area contributed by atoms with Gasteiger partial charge in [0.05, 0.1) is 20.2 Å². The summed E-state index contributed by atoms with van der Waals surface area (Å²) < 4.78 is 7.13. The standard InChI is InChI=1S/C23H28Cl2IN3O2/c1-28(2)9-3-11-31-22-12-16(4-7-21(22)26)14-29-10-8-18(15-29)27-23(30)17-5-6-19(24)20(25)13-17/h4-7,12-13,18H,3,8-11,14-15H2,1-2H3,(H,27,30)/t18-/m0/s1. The Hall–Kier alpha value is -1.06. The molecule has 3 rings (SSSR count). The molecular formula is C23H28Cl2IN3O2. The maximum absolute atomic E-state index is 12.5. The van der Waals surface area contributed by atoms with E-state index in [1.54, 1.807) is 18.2 Å². The number of carbonyl (C=O) groups excluding carboxylic acids is 1. The van der Waals surface area contributed by atoms with Gasteiger partial charge in [0.2, 0.25) is 0 Å². The van der Waals surface area contributed by atoms with Crippen molar-refractivity contribution >= 4 is 51.7 Å². The molecular weight excluding hydrogens is 548 g/mol. The highest BCUT2D eigenvalue weighted by Gasteiger charge is 2.24. The predicted octanol–water partition coefficient (Wildman–Crippen LogP) is 4.93. The minimum absolute atomic E-state index is 0.118. The number of likely N-dealkylation sites (tertiary alicyclic amines) is 1. The highest BCUT2D eigenvalue weighted by atomic mass is 127. The van der Waals surface area contributed by atoms with Crippen LogP contribution in [0.15, 0.2) is 36.4 Å². The van der Waals surface area contributed by atoms with Gasteiger partial charge < -0.3 is 15.0 Å². The molecule has 1 saturated heterocycles. The third-order valence-corrected chi connectivity index (χ3v) is 6.83. The van der Waals surface area contributed by atoms with E-state index >= 15 is 0 Å². The number of nitrogens with one attached hydrogen (secondary N) is 1. The van der Waals surface area contributed by atoms with Gasteiger partial charge in [-0.05, 0) is 85.4 Å². The van der Waals surface area contributed by atoms with Crippen molar-refractivity contribution in [3.8, 4) is 5.75 Å². The quantitative estimate of drug-likeness (QED) is 0.340. The second kappa shape index (κ2) is 11.7. The molecule has 2 aromatic rings. The van der Waals surface area contributed by atoms with E-state index in [0.29, 0.717) is 22.2 Å². The monoisotopic (exact) mass is 575 g/mol. The lowest BCUT2D eigenvalue weighted by Gasteiger charge is -2.18. The number of amides is 1. The molecule has 1 atom stereocenters. The molecule has 0 radical (unpaired) electrons. The van der Waals surface area contributed by atoms with Crippen molar-refractivity contribution in [3.05, 3.63) is 61.1 Å². The van der Waals surface area contributed by atoms with Gasteiger partial charge in [-0.15, -0.1) is 0 Å². The van der Waals surface area contributed by atoms with E-state index in [-0.39, 0.29) is 11.9 Å². The van der Waals surface area contributed by atoms with Crippen molar-refractivity contribution in [2.75, 3.05) is 40.3 Å². The number of halogens is 3. The summed E-state index contributed by atoms with van der Waals surface area (Å²) in [4.78, 5) is 17.0. The Labute approximate surface area is 208 Å². The number of ether oxygens (including phenoxy) is 1. The molecule has 1 N–H and O–H groups in total. The molecule has 1 aliphatic rings. The number of benzene rings is 2. The minimum atomic E-state index is -0.118. The first-order valence-corrected chi connectivity index (χ1v) is 12.2. The van der Waals surface area contributed by atoms with Crippen molar-refractivity contribution in [2.24, 2.45) is 0 Å². The van der Waals surface area contributed by atoms with Crippen molar-refractivity contribution in [3.63, 3.8) is 0 Å². The molecule has 0 saturated carbocycles. The molecule has 0 aliphatic carbocycles. The van der Waals surface area contributed by atoms with Gasteiger partial charge in [0.15, 0.2) is 0 Å². The molecule has 1 amide bonds. The van der Waals surface area contributed by atoms with Crippen LogP contribution in [0.3, 0.4) is 0 Å². The number of nitrogens with zero attached hydrogens (tertiary/aromatic N) is 2. The maximum Gasteiger partial charge on any atom is 0.251 e. The van der Waals surface area contributed by atoms with Gasteiger partial charge in [-0.25, -0.2) is 0 Å². The van der Waals surface area contributed by atoms with E-state index in [0.717, 1.165) is 48.3 Å². The van der Waals surface area contributed by atoms with Crippen LogP contribution in [0.2, 0.25) is 10.0 Å². The molecule has 0 bridgehead atoms. The highest BCUT2D eigenvalue weighted by Crippen LogP contribution is 2.25. The van der Waals surface area contributed by atoms with Gasteiger partial charge in [0.25, 0.3) is 5.91 Å². The molecule has 1 heterocycles. The summed E-state index contributed by atoms with van der Waals surface area (Å²) in [6.45, 7) is 4.32. The lowest BCUT2D eigenvalue weighted by molar-refractivity contribution is 0.0937. The van der Waals surface area contributed by atoms with Crippen LogP contribution < -0.4 is 10.1 Å². The smallest absolute Gasteiger partial charge is 0.251 e. The first-order chi connectivity index (χ1) is 14.8. The Morgan fingerprint density at radius 3 is 2.77 bits per heavy atom. The van der Waals surface area contributed by atoms with Crippen LogP contribution in [0.1, 0.15) is 28.8 Å². The topological polar surface area (TPSA) is 44.8 Å². The summed E-state index contributed by atoms with van der Waals surface area (Å²) in [6.07, 6.45) is 1.92. The SMILES string of the molecule is CN(C)CCCOc1cc(CN2CC[C@H](NC(=O)c3ccc(Cl)c(Cl)c3)C2)ccc1I. The number of hydrogen-bond donors (Lipinski definition) is 1. The summed E-state index contributed by atoms with van der Waals surface area (Å²) in [5.74, 6) is 0.827. The van der Waals surface area contributed by atoms with Gasteiger partial charge in [-0.3, -0.25) is 9.69 Å². The Morgan fingerprint density at radius 1 is 1.23 bits per heavy atom. The zero-order valence-corrected chi connectivity index (χ0v) is 21.5. The zero-order valence-electron chi connectivity index (χ0n) is 17.8. The average molecular weight is 576 g/mol. The first kappa shape index (κ1) is 24.6. The summed E-state index contributed by atoms with van der Waals surface area (Å²) in [7, 11) is 4.14. The van der Waals surface area contributed by atoms with Gasteiger partial charge in [-0.2, -0.15) is 0 Å². The zero-order chi connectivity index (χ0) is 22.4. The third kappa shape index (κ3) is 7.49. The van der Waals surface area contributed by atoms with Gasteiger partial charge in [0.1, 0.15) is 5.75 Å². The van der Waals surface area contributed by atoms with Crippen molar-refractivity contribution in [1.29, 1.82) is 0 Å². The van der Waals surface area contributed by atoms with Crippen molar-refractivity contribution in [2.45, 2.75) is 25.4 Å². The van der Waals surface area contributed by atoms with E-state index < -0.39 is 0 Å². The molecule has 0 spiro atoms. The summed E-state index contributed by atoms with van der Waals surface area (Å²) >= 11 is 14.3. The van der Waals surface area contributed by atoms with E-state index in [2.05, 4.69) is 70.0 Å². The molecule has 5 nitrogen and oxygen atoms in total. The Kier molecular flexibility index (Phi) is 9.28. The fourth-order valence-electron chi connectivity index (χ4n) is 3.58. The summed E-state index contributed by atoms with van der Waals surface area (Å²) in [5.41, 5.74) is 1.75. The van der Waals surface area contributed by atoms with E-state index in [1.807, 2.05) is 0 Å². The van der Waals surface area contributed by atoms with Crippen LogP contribution >= 0.6 is 45.8 Å². The first-order valence-electron chi connectivity index (χ1n) is 10.4. The Morgan fingerprint density at radius 2 is 2.03 bits per heavy atom.